The molecule has 0 spiro atoms. The van der Waals surface area contributed by atoms with Gasteiger partial charge in [0, 0.05) is 0 Å². The normalized spacial score (nSPS) is 9.18. The van der Waals surface area contributed by atoms with Crippen LogP contribution in [0.4, 0.5) is 0 Å². The first-order valence-electron chi connectivity index (χ1n) is 3.83. The molecule has 0 bridgehead atoms. The van der Waals surface area contributed by atoms with E-state index in [0.29, 0.717) is 13.0 Å². The lowest BCUT2D eigenvalue weighted by Crippen LogP contribution is -2.25. The van der Waals surface area contributed by atoms with E-state index < -0.39 is 0 Å². The van der Waals surface area contributed by atoms with Crippen molar-refractivity contribution in [3.63, 3.8) is 0 Å². The highest BCUT2D eigenvalue weighted by Gasteiger charge is 2.06. The van der Waals surface area contributed by atoms with Gasteiger partial charge in [0.1, 0.15) is 6.29 Å². The zero-order valence-electron chi connectivity index (χ0n) is 6.66. The zero-order valence-corrected chi connectivity index (χ0v) is 6.66. The maximum Gasteiger partial charge on any atom is 0.180 e. The van der Waals surface area contributed by atoms with Crippen molar-refractivity contribution in [2.45, 2.75) is 13.1 Å². The minimum Gasteiger partial charge on any atom is -0.304 e. The topological polar surface area (TPSA) is 17.1 Å². The van der Waals surface area contributed by atoms with E-state index in [1.807, 2.05) is 30.3 Å². The van der Waals surface area contributed by atoms with Crippen molar-refractivity contribution in [3.05, 3.63) is 30.3 Å². The molecule has 0 aliphatic heterocycles. The average Bonchev–Trinajstić information content (AvgIpc) is 2.07. The highest BCUT2D eigenvalue weighted by Crippen LogP contribution is 1.91. The smallest absolute Gasteiger partial charge is 0.180 e. The van der Waals surface area contributed by atoms with Crippen LogP contribution in [0.2, 0.25) is 13.1 Å². The Kier molecular flexibility index (Phi) is 2.90. The Morgan fingerprint density at radius 3 is 2.55 bits per heavy atom. The van der Waals surface area contributed by atoms with E-state index in [0.717, 1.165) is 6.29 Å². The molecule has 0 amide bonds. The molecule has 0 fully saturated rings. The molecule has 0 heterocycles. The van der Waals surface area contributed by atoms with Gasteiger partial charge in [-0.05, 0) is 6.32 Å². The van der Waals surface area contributed by atoms with Crippen molar-refractivity contribution in [3.8, 4) is 0 Å². The van der Waals surface area contributed by atoms with Crippen molar-refractivity contribution >= 4 is 18.5 Å². The van der Waals surface area contributed by atoms with Crippen molar-refractivity contribution in [2.24, 2.45) is 0 Å². The van der Waals surface area contributed by atoms with Crippen LogP contribution in [0, 0.1) is 0 Å². The Labute approximate surface area is 67.5 Å². The Morgan fingerprint density at radius 2 is 2.00 bits per heavy atom. The van der Waals surface area contributed by atoms with E-state index in [-0.39, 0.29) is 0 Å². The average molecular weight is 146 g/mol. The fraction of sp³-hybridized carbons (Fsp3) is 0.222. The number of hydrogen-bond donors (Lipinski definition) is 0. The summed E-state index contributed by atoms with van der Waals surface area (Å²) in [5.41, 5.74) is 1.24. The van der Waals surface area contributed by atoms with Gasteiger partial charge in [0.15, 0.2) is 6.71 Å². The molecule has 0 atom stereocenters. The molecule has 0 N–H and O–H groups in total. The Balaban J connectivity index is 2.68. The summed E-state index contributed by atoms with van der Waals surface area (Å²) in [7, 11) is 0. The summed E-state index contributed by atoms with van der Waals surface area (Å²) in [5, 5.41) is 0. The van der Waals surface area contributed by atoms with Crippen LogP contribution in [-0.2, 0) is 4.79 Å². The maximum atomic E-state index is 10.2. The number of benzene rings is 1. The van der Waals surface area contributed by atoms with Crippen LogP contribution >= 0.6 is 0 Å². The number of rotatable bonds is 3. The summed E-state index contributed by atoms with van der Waals surface area (Å²) < 4.78 is 0. The van der Waals surface area contributed by atoms with Gasteiger partial charge in [0.25, 0.3) is 0 Å². The van der Waals surface area contributed by atoms with Gasteiger partial charge in [0.2, 0.25) is 0 Å². The molecular weight excluding hydrogens is 135 g/mol. The standard InChI is InChI=1S/C9H11BO/c1-10(7-8-11)9-5-3-2-4-6-9/h2-6,8H,7H2,1H3. The second-order valence-corrected chi connectivity index (χ2v) is 2.71. The number of carbonyl (C=O) groups excluding carboxylic acids is 1. The second kappa shape index (κ2) is 3.96. The van der Waals surface area contributed by atoms with Crippen molar-refractivity contribution < 1.29 is 4.79 Å². The molecule has 11 heavy (non-hydrogen) atoms. The van der Waals surface area contributed by atoms with E-state index in [1.165, 1.54) is 5.46 Å². The van der Waals surface area contributed by atoms with Crippen LogP contribution in [0.15, 0.2) is 30.3 Å². The first-order valence-corrected chi connectivity index (χ1v) is 3.83. The first-order chi connectivity index (χ1) is 5.34. The van der Waals surface area contributed by atoms with Crippen LogP contribution in [0.1, 0.15) is 0 Å². The van der Waals surface area contributed by atoms with E-state index in [9.17, 15) is 4.79 Å². The predicted molar refractivity (Wildman–Crippen MR) is 48.6 cm³/mol. The molecule has 0 saturated heterocycles. The monoisotopic (exact) mass is 146 g/mol. The molecule has 0 aliphatic rings. The molecule has 1 nitrogen and oxygen atoms in total. The molecule has 2 heteroatoms. The van der Waals surface area contributed by atoms with Gasteiger partial charge in [-0.1, -0.05) is 42.6 Å². The molecule has 0 unspecified atom stereocenters. The molecule has 1 rings (SSSR count). The number of carbonyl (C=O) groups is 1. The molecule has 1 aromatic carbocycles. The van der Waals surface area contributed by atoms with E-state index in [2.05, 4.69) is 6.82 Å². The fourth-order valence-corrected chi connectivity index (χ4v) is 1.06. The highest BCUT2D eigenvalue weighted by molar-refractivity contribution is 6.73. The maximum absolute atomic E-state index is 10.2. The summed E-state index contributed by atoms with van der Waals surface area (Å²) in [6.45, 7) is 2.41. The quantitative estimate of drug-likeness (QED) is 0.462. The van der Waals surface area contributed by atoms with E-state index in [4.69, 9.17) is 0 Å². The van der Waals surface area contributed by atoms with Gasteiger partial charge < -0.3 is 4.79 Å². The summed E-state index contributed by atoms with van der Waals surface area (Å²) in [6.07, 6.45) is 1.58. The van der Waals surface area contributed by atoms with Gasteiger partial charge >= 0.3 is 0 Å². The SMILES string of the molecule is CB(CC=O)c1ccccc1. The van der Waals surface area contributed by atoms with Gasteiger partial charge in [-0.2, -0.15) is 0 Å². The van der Waals surface area contributed by atoms with Crippen LogP contribution in [0.5, 0.6) is 0 Å². The summed E-state index contributed by atoms with van der Waals surface area (Å²) >= 11 is 0. The molecule has 56 valence electrons. The van der Waals surface area contributed by atoms with Crippen LogP contribution < -0.4 is 5.46 Å². The summed E-state index contributed by atoms with van der Waals surface area (Å²) in [6, 6.07) is 10.1. The van der Waals surface area contributed by atoms with Gasteiger partial charge in [-0.15, -0.1) is 0 Å². The van der Waals surface area contributed by atoms with Crippen LogP contribution in [0.3, 0.4) is 0 Å². The second-order valence-electron chi connectivity index (χ2n) is 2.71. The largest absolute Gasteiger partial charge is 0.304 e. The van der Waals surface area contributed by atoms with E-state index >= 15 is 0 Å². The van der Waals surface area contributed by atoms with Gasteiger partial charge in [0.05, 0.1) is 0 Å². The number of hydrogen-bond acceptors (Lipinski definition) is 1. The lowest BCUT2D eigenvalue weighted by atomic mass is 9.45. The third kappa shape index (κ3) is 2.22. The third-order valence-electron chi connectivity index (χ3n) is 1.82. The molecule has 0 radical (unpaired) electrons. The third-order valence-corrected chi connectivity index (χ3v) is 1.82. The lowest BCUT2D eigenvalue weighted by Gasteiger charge is -2.02. The molecule has 0 aliphatic carbocycles. The van der Waals surface area contributed by atoms with Crippen molar-refractivity contribution in [1.29, 1.82) is 0 Å². The van der Waals surface area contributed by atoms with Gasteiger partial charge in [-0.3, -0.25) is 0 Å². The number of aldehydes is 1. The minimum atomic E-state index is 0.355. The van der Waals surface area contributed by atoms with Crippen LogP contribution in [-0.4, -0.2) is 13.0 Å². The van der Waals surface area contributed by atoms with Crippen molar-refractivity contribution in [2.75, 3.05) is 0 Å². The minimum absolute atomic E-state index is 0.355. The molecule has 1 aromatic rings. The first kappa shape index (κ1) is 8.06. The molecule has 0 saturated carbocycles. The fourth-order valence-electron chi connectivity index (χ4n) is 1.06. The summed E-state index contributed by atoms with van der Waals surface area (Å²) in [5.74, 6) is 0. The Hall–Kier alpha value is -1.05. The lowest BCUT2D eigenvalue weighted by molar-refractivity contribution is -0.106. The zero-order chi connectivity index (χ0) is 8.10. The van der Waals surface area contributed by atoms with E-state index in [1.54, 1.807) is 0 Å². The van der Waals surface area contributed by atoms with Crippen LogP contribution in [0.25, 0.3) is 0 Å². The summed E-state index contributed by atoms with van der Waals surface area (Å²) in [4.78, 5) is 10.2. The highest BCUT2D eigenvalue weighted by atomic mass is 16.1. The molecular formula is C9H11BO. The predicted octanol–water partition coefficient (Wildman–Crippen LogP) is 1.22. The van der Waals surface area contributed by atoms with Crippen molar-refractivity contribution in [1.82, 2.24) is 0 Å². The van der Waals surface area contributed by atoms with Gasteiger partial charge in [-0.25, -0.2) is 0 Å². The Bertz CT molecular complexity index is 220. The molecule has 0 aromatic heterocycles. The Morgan fingerprint density at radius 1 is 1.36 bits per heavy atom.